The maximum atomic E-state index is 12.9. The number of nitrogens with one attached hydrogen (secondary N) is 1. The van der Waals surface area contributed by atoms with E-state index in [1.807, 2.05) is 23.7 Å². The molecule has 0 saturated carbocycles. The molecule has 0 bridgehead atoms. The molecule has 1 atom stereocenters. The van der Waals surface area contributed by atoms with Crippen molar-refractivity contribution in [1.29, 1.82) is 0 Å². The number of aromatic amines is 1. The monoisotopic (exact) mass is 380 g/mol. The molecule has 1 saturated heterocycles. The minimum Gasteiger partial charge on any atom is -0.381 e. The van der Waals surface area contributed by atoms with Crippen LogP contribution in [0.15, 0.2) is 46.3 Å². The number of benzene rings is 1. The molecule has 1 unspecified atom stereocenters. The second-order valence-electron chi connectivity index (χ2n) is 6.98. The Balaban J connectivity index is 1.63. The molecule has 2 aliphatic heterocycles. The van der Waals surface area contributed by atoms with Crippen LogP contribution in [0.2, 0.25) is 0 Å². The van der Waals surface area contributed by atoms with Gasteiger partial charge in [0.15, 0.2) is 5.82 Å². The lowest BCUT2D eigenvalue weighted by molar-refractivity contribution is 0.0666. The second-order valence-corrected chi connectivity index (χ2v) is 8.27. The van der Waals surface area contributed by atoms with E-state index in [0.29, 0.717) is 0 Å². The summed E-state index contributed by atoms with van der Waals surface area (Å²) in [7, 11) is 0. The van der Waals surface area contributed by atoms with Crippen molar-refractivity contribution in [3.05, 3.63) is 58.0 Å². The zero-order valence-electron chi connectivity index (χ0n) is 15.0. The molecular formula is C20H20N4O2S. The quantitative estimate of drug-likeness (QED) is 0.730. The molecule has 3 aromatic rings. The summed E-state index contributed by atoms with van der Waals surface area (Å²) in [5.41, 5.74) is 2.77. The second kappa shape index (κ2) is 6.65. The van der Waals surface area contributed by atoms with Crippen molar-refractivity contribution < 1.29 is 4.74 Å². The molecule has 5 rings (SSSR count). The molecule has 4 heterocycles. The molecular weight excluding hydrogens is 360 g/mol. The van der Waals surface area contributed by atoms with Crippen molar-refractivity contribution in [2.24, 2.45) is 4.99 Å². The van der Waals surface area contributed by atoms with Crippen LogP contribution in [0.4, 0.5) is 5.82 Å². The fraction of sp³-hybridized carbons (Fsp3) is 0.350. The van der Waals surface area contributed by atoms with E-state index in [9.17, 15) is 4.79 Å². The number of thioether (sulfide) groups is 1. The van der Waals surface area contributed by atoms with Gasteiger partial charge in [-0.05, 0) is 43.5 Å². The van der Waals surface area contributed by atoms with Gasteiger partial charge in [0.2, 0.25) is 0 Å². The first kappa shape index (κ1) is 16.8. The number of rotatable bonds is 2. The van der Waals surface area contributed by atoms with Crippen LogP contribution in [0, 0.1) is 0 Å². The van der Waals surface area contributed by atoms with Gasteiger partial charge in [-0.15, -0.1) is 0 Å². The van der Waals surface area contributed by atoms with Crippen molar-refractivity contribution in [1.82, 2.24) is 14.8 Å². The van der Waals surface area contributed by atoms with Crippen LogP contribution in [0.1, 0.15) is 42.2 Å². The van der Waals surface area contributed by atoms with Crippen LogP contribution in [-0.2, 0) is 4.74 Å². The van der Waals surface area contributed by atoms with E-state index in [0.717, 1.165) is 58.9 Å². The third kappa shape index (κ3) is 2.91. The van der Waals surface area contributed by atoms with Crippen molar-refractivity contribution in [3.8, 4) is 0 Å². The molecule has 2 aromatic heterocycles. The van der Waals surface area contributed by atoms with Gasteiger partial charge in [-0.2, -0.15) is 0 Å². The summed E-state index contributed by atoms with van der Waals surface area (Å²) in [6.45, 7) is 3.45. The highest BCUT2D eigenvalue weighted by Gasteiger charge is 2.32. The van der Waals surface area contributed by atoms with E-state index in [-0.39, 0.29) is 16.9 Å². The third-order valence-corrected chi connectivity index (χ3v) is 6.41. The van der Waals surface area contributed by atoms with Crippen LogP contribution in [0.3, 0.4) is 0 Å². The number of nitrogens with zero attached hydrogens (tertiary/aromatic N) is 3. The number of hydrogen-bond donors (Lipinski definition) is 1. The molecule has 0 radical (unpaired) electrons. The topological polar surface area (TPSA) is 72.3 Å². The van der Waals surface area contributed by atoms with E-state index in [1.165, 1.54) is 0 Å². The van der Waals surface area contributed by atoms with Gasteiger partial charge in [-0.1, -0.05) is 23.9 Å². The van der Waals surface area contributed by atoms with Crippen LogP contribution in [0.25, 0.3) is 10.9 Å². The average Bonchev–Trinajstić information content (AvgIpc) is 3.04. The standard InChI is InChI=1S/C20H20N4O2S/c1-12-22-19-17(20(25)23-24(19)15-6-9-26-10-7-15)18(27-12)14-4-5-16-13(11-14)3-2-8-21-16/h2-5,8,11,15,18H,6-7,9-10H2,1H3,(H,23,25). The Morgan fingerprint density at radius 2 is 2.11 bits per heavy atom. The van der Waals surface area contributed by atoms with Crippen molar-refractivity contribution >= 4 is 33.5 Å². The normalized spacial score (nSPS) is 20.5. The highest BCUT2D eigenvalue weighted by atomic mass is 32.2. The van der Waals surface area contributed by atoms with E-state index in [1.54, 1.807) is 18.0 Å². The van der Waals surface area contributed by atoms with Crippen LogP contribution >= 0.6 is 11.8 Å². The summed E-state index contributed by atoms with van der Waals surface area (Å²) < 4.78 is 7.44. The molecule has 2 aliphatic rings. The fourth-order valence-electron chi connectivity index (χ4n) is 3.91. The maximum Gasteiger partial charge on any atom is 0.271 e. The minimum atomic E-state index is -0.0630. The summed E-state index contributed by atoms with van der Waals surface area (Å²) in [4.78, 5) is 22.0. The van der Waals surface area contributed by atoms with Crippen LogP contribution < -0.4 is 5.56 Å². The molecule has 1 N–H and O–H groups in total. The Morgan fingerprint density at radius 3 is 2.96 bits per heavy atom. The summed E-state index contributed by atoms with van der Waals surface area (Å²) in [6.07, 6.45) is 3.58. The smallest absolute Gasteiger partial charge is 0.271 e. The summed E-state index contributed by atoms with van der Waals surface area (Å²) >= 11 is 1.64. The number of fused-ring (bicyclic) bond motifs is 2. The number of aliphatic imine (C=N–C) groups is 1. The molecule has 6 nitrogen and oxygen atoms in total. The average molecular weight is 380 g/mol. The van der Waals surface area contributed by atoms with E-state index < -0.39 is 0 Å². The Bertz CT molecular complexity index is 1090. The molecule has 0 aliphatic carbocycles. The highest BCUT2D eigenvalue weighted by molar-refractivity contribution is 8.14. The zero-order chi connectivity index (χ0) is 18.4. The lowest BCUT2D eigenvalue weighted by Crippen LogP contribution is -2.21. The van der Waals surface area contributed by atoms with Gasteiger partial charge in [0, 0.05) is 24.8 Å². The van der Waals surface area contributed by atoms with Gasteiger partial charge in [0.1, 0.15) is 0 Å². The number of aromatic nitrogens is 3. The van der Waals surface area contributed by atoms with Crippen LogP contribution in [0.5, 0.6) is 0 Å². The molecule has 1 fully saturated rings. The predicted octanol–water partition coefficient (Wildman–Crippen LogP) is 3.96. The zero-order valence-corrected chi connectivity index (χ0v) is 15.8. The molecule has 138 valence electrons. The first-order valence-corrected chi connectivity index (χ1v) is 10.1. The molecule has 0 amide bonds. The van der Waals surface area contributed by atoms with Gasteiger partial charge in [-0.25, -0.2) is 4.99 Å². The predicted molar refractivity (Wildman–Crippen MR) is 108 cm³/mol. The minimum absolute atomic E-state index is 0.0449. The van der Waals surface area contributed by atoms with Gasteiger partial charge < -0.3 is 4.74 Å². The highest BCUT2D eigenvalue weighted by Crippen LogP contribution is 2.45. The van der Waals surface area contributed by atoms with Gasteiger partial charge >= 0.3 is 0 Å². The van der Waals surface area contributed by atoms with Crippen molar-refractivity contribution in [2.45, 2.75) is 31.1 Å². The SMILES string of the molecule is CC1=Nc2c(c(=O)[nH]n2C2CCOCC2)C(c2ccc3ncccc3c2)S1. The molecule has 7 heteroatoms. The largest absolute Gasteiger partial charge is 0.381 e. The number of hydrogen-bond acceptors (Lipinski definition) is 5. The number of ether oxygens (including phenoxy) is 1. The van der Waals surface area contributed by atoms with Crippen molar-refractivity contribution in [2.75, 3.05) is 13.2 Å². The van der Waals surface area contributed by atoms with Crippen molar-refractivity contribution in [3.63, 3.8) is 0 Å². The van der Waals surface area contributed by atoms with E-state index in [2.05, 4.69) is 28.3 Å². The van der Waals surface area contributed by atoms with Gasteiger partial charge in [0.25, 0.3) is 5.56 Å². The lowest BCUT2D eigenvalue weighted by Gasteiger charge is -2.26. The Labute approximate surface area is 160 Å². The first-order valence-electron chi connectivity index (χ1n) is 9.19. The summed E-state index contributed by atoms with van der Waals surface area (Å²) in [5.74, 6) is 0.777. The summed E-state index contributed by atoms with van der Waals surface area (Å²) in [6, 6.07) is 10.5. The van der Waals surface area contributed by atoms with E-state index in [4.69, 9.17) is 9.73 Å². The van der Waals surface area contributed by atoms with Gasteiger partial charge in [-0.3, -0.25) is 19.6 Å². The maximum absolute atomic E-state index is 12.9. The Hall–Kier alpha value is -2.38. The first-order chi connectivity index (χ1) is 13.2. The fourth-order valence-corrected chi connectivity index (χ4v) is 5.00. The Kier molecular flexibility index (Phi) is 4.13. The molecule has 0 spiro atoms. The lowest BCUT2D eigenvalue weighted by atomic mass is 10.0. The van der Waals surface area contributed by atoms with Gasteiger partial charge in [0.05, 0.1) is 27.4 Å². The Morgan fingerprint density at radius 1 is 1.26 bits per heavy atom. The summed E-state index contributed by atoms with van der Waals surface area (Å²) in [5, 5.41) is 5.04. The van der Waals surface area contributed by atoms with E-state index >= 15 is 0 Å². The molecule has 1 aromatic carbocycles. The third-order valence-electron chi connectivity index (χ3n) is 5.24. The number of H-pyrrole nitrogens is 1. The number of pyridine rings is 1. The molecule has 27 heavy (non-hydrogen) atoms. The van der Waals surface area contributed by atoms with Crippen LogP contribution in [-0.4, -0.2) is 33.0 Å².